The van der Waals surface area contributed by atoms with Gasteiger partial charge in [-0.1, -0.05) is 11.6 Å². The van der Waals surface area contributed by atoms with E-state index < -0.39 is 0 Å². The van der Waals surface area contributed by atoms with Crippen LogP contribution in [-0.2, 0) is 0 Å². The maximum atomic E-state index is 12.3. The molecule has 0 unspecified atom stereocenters. The molecular formula is C20H19ClN4O2. The van der Waals surface area contributed by atoms with Gasteiger partial charge >= 0.3 is 0 Å². The van der Waals surface area contributed by atoms with Crippen LogP contribution in [0.5, 0.6) is 5.75 Å². The number of aromatic nitrogens is 2. The van der Waals surface area contributed by atoms with Crippen LogP contribution in [0.15, 0.2) is 54.9 Å². The van der Waals surface area contributed by atoms with Crippen molar-refractivity contribution < 1.29 is 9.53 Å². The predicted molar refractivity (Wildman–Crippen MR) is 107 cm³/mol. The lowest BCUT2D eigenvalue weighted by atomic mass is 10.2. The van der Waals surface area contributed by atoms with Crippen molar-refractivity contribution in [3.8, 4) is 5.75 Å². The summed E-state index contributed by atoms with van der Waals surface area (Å²) >= 11 is 5.96. The summed E-state index contributed by atoms with van der Waals surface area (Å²) in [6, 6.07) is 12.7. The van der Waals surface area contributed by atoms with Crippen LogP contribution in [-0.4, -0.2) is 22.5 Å². The first kappa shape index (κ1) is 18.7. The van der Waals surface area contributed by atoms with Crippen LogP contribution < -0.4 is 15.4 Å². The van der Waals surface area contributed by atoms with Gasteiger partial charge in [-0.25, -0.2) is 9.97 Å². The second-order valence-electron chi connectivity index (χ2n) is 5.78. The first-order chi connectivity index (χ1) is 13.0. The number of carbonyl (C=O) groups excluding carboxylic acids is 1. The maximum Gasteiger partial charge on any atom is 0.275 e. The average Bonchev–Trinajstić information content (AvgIpc) is 2.66. The van der Waals surface area contributed by atoms with Crippen molar-refractivity contribution >= 4 is 34.7 Å². The molecule has 0 aliphatic heterocycles. The molecule has 0 bridgehead atoms. The smallest absolute Gasteiger partial charge is 0.275 e. The summed E-state index contributed by atoms with van der Waals surface area (Å²) < 4.78 is 5.38. The van der Waals surface area contributed by atoms with Gasteiger partial charge in [-0.05, 0) is 61.9 Å². The summed E-state index contributed by atoms with van der Waals surface area (Å²) in [6.45, 7) is 4.46. The van der Waals surface area contributed by atoms with Gasteiger partial charge in [0.15, 0.2) is 0 Å². The lowest BCUT2D eigenvalue weighted by Gasteiger charge is -2.09. The molecule has 138 valence electrons. The van der Waals surface area contributed by atoms with Gasteiger partial charge in [-0.2, -0.15) is 0 Å². The van der Waals surface area contributed by atoms with E-state index in [0.717, 1.165) is 17.0 Å². The molecule has 1 aromatic heterocycles. The number of aryl methyl sites for hydroxylation is 1. The van der Waals surface area contributed by atoms with E-state index in [2.05, 4.69) is 20.6 Å². The molecule has 0 radical (unpaired) electrons. The largest absolute Gasteiger partial charge is 0.494 e. The van der Waals surface area contributed by atoms with E-state index in [0.29, 0.717) is 23.1 Å². The Morgan fingerprint density at radius 1 is 1.11 bits per heavy atom. The molecule has 3 aromatic rings. The molecule has 0 fully saturated rings. The Balaban J connectivity index is 1.64. The molecule has 2 N–H and O–H groups in total. The standard InChI is InChI=1S/C20H19ClN4O2/c1-3-27-16-7-5-15(6-8-16)24-20(26)18-11-23-19(12-22-18)25-17-9-4-14(21)10-13(17)2/h4-12H,3H2,1-2H3,(H,23,25)(H,24,26). The van der Waals surface area contributed by atoms with Gasteiger partial charge < -0.3 is 15.4 Å². The number of nitrogens with zero attached hydrogens (tertiary/aromatic N) is 2. The minimum atomic E-state index is -0.333. The van der Waals surface area contributed by atoms with Gasteiger partial charge in [0, 0.05) is 16.4 Å². The fourth-order valence-electron chi connectivity index (χ4n) is 2.41. The van der Waals surface area contributed by atoms with E-state index in [-0.39, 0.29) is 11.6 Å². The van der Waals surface area contributed by atoms with Gasteiger partial charge in [0.2, 0.25) is 0 Å². The molecule has 27 heavy (non-hydrogen) atoms. The second-order valence-corrected chi connectivity index (χ2v) is 6.22. The average molecular weight is 383 g/mol. The second kappa shape index (κ2) is 8.51. The number of carbonyl (C=O) groups is 1. The molecule has 6 nitrogen and oxygen atoms in total. The van der Waals surface area contributed by atoms with Crippen molar-refractivity contribution in [3.05, 3.63) is 71.1 Å². The zero-order chi connectivity index (χ0) is 19.2. The lowest BCUT2D eigenvalue weighted by molar-refractivity contribution is 0.102. The molecule has 0 saturated heterocycles. The van der Waals surface area contributed by atoms with Crippen molar-refractivity contribution in [2.24, 2.45) is 0 Å². The Kier molecular flexibility index (Phi) is 5.88. The summed E-state index contributed by atoms with van der Waals surface area (Å²) in [6.07, 6.45) is 2.94. The number of benzene rings is 2. The molecule has 0 aliphatic rings. The van der Waals surface area contributed by atoms with Crippen molar-refractivity contribution in [3.63, 3.8) is 0 Å². The Labute approximate surface area is 162 Å². The van der Waals surface area contributed by atoms with Crippen LogP contribution in [0.1, 0.15) is 23.0 Å². The van der Waals surface area contributed by atoms with Crippen LogP contribution in [0, 0.1) is 6.92 Å². The van der Waals surface area contributed by atoms with Crippen LogP contribution in [0.2, 0.25) is 5.02 Å². The third-order valence-corrected chi connectivity index (χ3v) is 3.99. The summed E-state index contributed by atoms with van der Waals surface area (Å²) in [5.41, 5.74) is 2.74. The molecule has 0 spiro atoms. The third-order valence-electron chi connectivity index (χ3n) is 3.76. The highest BCUT2D eigenvalue weighted by Gasteiger charge is 2.09. The summed E-state index contributed by atoms with van der Waals surface area (Å²) in [7, 11) is 0. The summed E-state index contributed by atoms with van der Waals surface area (Å²) in [5, 5.41) is 6.61. The molecule has 3 rings (SSSR count). The van der Waals surface area contributed by atoms with Gasteiger partial charge in [0.05, 0.1) is 19.0 Å². The number of amides is 1. The zero-order valence-corrected chi connectivity index (χ0v) is 15.7. The Morgan fingerprint density at radius 2 is 1.89 bits per heavy atom. The fraction of sp³-hybridized carbons (Fsp3) is 0.150. The number of hydrogen-bond donors (Lipinski definition) is 2. The highest BCUT2D eigenvalue weighted by molar-refractivity contribution is 6.30. The predicted octanol–water partition coefficient (Wildman–Crippen LogP) is 4.83. The number of rotatable bonds is 6. The van der Waals surface area contributed by atoms with Crippen LogP contribution >= 0.6 is 11.6 Å². The lowest BCUT2D eigenvalue weighted by Crippen LogP contribution is -2.14. The number of halogens is 1. The molecule has 0 saturated carbocycles. The minimum Gasteiger partial charge on any atom is -0.494 e. The minimum absolute atomic E-state index is 0.224. The molecule has 1 amide bonds. The van der Waals surface area contributed by atoms with Crippen LogP contribution in [0.4, 0.5) is 17.2 Å². The zero-order valence-electron chi connectivity index (χ0n) is 15.0. The SMILES string of the molecule is CCOc1ccc(NC(=O)c2cnc(Nc3ccc(Cl)cc3C)cn2)cc1. The van der Waals surface area contributed by atoms with E-state index in [1.165, 1.54) is 12.4 Å². The van der Waals surface area contributed by atoms with Gasteiger partial charge in [-0.15, -0.1) is 0 Å². The van der Waals surface area contributed by atoms with E-state index in [4.69, 9.17) is 16.3 Å². The van der Waals surface area contributed by atoms with Crippen molar-refractivity contribution in [1.82, 2.24) is 9.97 Å². The topological polar surface area (TPSA) is 76.1 Å². The number of nitrogens with one attached hydrogen (secondary N) is 2. The highest BCUT2D eigenvalue weighted by Crippen LogP contribution is 2.22. The van der Waals surface area contributed by atoms with Crippen molar-refractivity contribution in [2.45, 2.75) is 13.8 Å². The fourth-order valence-corrected chi connectivity index (χ4v) is 2.64. The number of ether oxygens (including phenoxy) is 1. The maximum absolute atomic E-state index is 12.3. The normalized spacial score (nSPS) is 10.3. The molecule has 0 aliphatic carbocycles. The third kappa shape index (κ3) is 4.95. The molecule has 1 heterocycles. The Morgan fingerprint density at radius 3 is 2.52 bits per heavy atom. The van der Waals surface area contributed by atoms with E-state index >= 15 is 0 Å². The Bertz CT molecular complexity index is 928. The van der Waals surface area contributed by atoms with Crippen molar-refractivity contribution in [1.29, 1.82) is 0 Å². The van der Waals surface area contributed by atoms with Gasteiger partial charge in [0.25, 0.3) is 5.91 Å². The molecule has 7 heteroatoms. The van der Waals surface area contributed by atoms with E-state index in [9.17, 15) is 4.79 Å². The first-order valence-electron chi connectivity index (χ1n) is 8.44. The molecule has 2 aromatic carbocycles. The van der Waals surface area contributed by atoms with Gasteiger partial charge in [0.1, 0.15) is 17.3 Å². The monoisotopic (exact) mass is 382 g/mol. The van der Waals surface area contributed by atoms with Crippen LogP contribution in [0.25, 0.3) is 0 Å². The van der Waals surface area contributed by atoms with E-state index in [1.807, 2.05) is 26.0 Å². The van der Waals surface area contributed by atoms with Crippen molar-refractivity contribution in [2.75, 3.05) is 17.2 Å². The number of anilines is 3. The first-order valence-corrected chi connectivity index (χ1v) is 8.82. The van der Waals surface area contributed by atoms with Crippen LogP contribution in [0.3, 0.4) is 0 Å². The molecule has 0 atom stereocenters. The molecular weight excluding hydrogens is 364 g/mol. The van der Waals surface area contributed by atoms with Gasteiger partial charge in [-0.3, -0.25) is 4.79 Å². The quantitative estimate of drug-likeness (QED) is 0.638. The van der Waals surface area contributed by atoms with E-state index in [1.54, 1.807) is 30.3 Å². The summed E-state index contributed by atoms with van der Waals surface area (Å²) in [5.74, 6) is 0.960. The number of hydrogen-bond acceptors (Lipinski definition) is 5. The highest BCUT2D eigenvalue weighted by atomic mass is 35.5. The Hall–Kier alpha value is -3.12. The summed E-state index contributed by atoms with van der Waals surface area (Å²) in [4.78, 5) is 20.7.